The van der Waals surface area contributed by atoms with Gasteiger partial charge in [0.15, 0.2) is 5.11 Å². The van der Waals surface area contributed by atoms with Gasteiger partial charge in [0, 0.05) is 19.2 Å². The van der Waals surface area contributed by atoms with Crippen molar-refractivity contribution in [3.8, 4) is 5.75 Å². The molecule has 4 rings (SSSR count). The summed E-state index contributed by atoms with van der Waals surface area (Å²) < 4.78 is 11.8. The van der Waals surface area contributed by atoms with Crippen LogP contribution in [0.25, 0.3) is 6.08 Å². The molecule has 1 aromatic heterocycles. The molecular weight excluding hydrogens is 458 g/mol. The third kappa shape index (κ3) is 3.79. The second-order valence-electron chi connectivity index (χ2n) is 6.65. The van der Waals surface area contributed by atoms with Gasteiger partial charge in [0.25, 0.3) is 11.8 Å². The Kier molecular flexibility index (Phi) is 5.42. The van der Waals surface area contributed by atoms with Crippen LogP contribution in [0.3, 0.4) is 0 Å². The first-order valence-corrected chi connectivity index (χ1v) is 10.3. The van der Waals surface area contributed by atoms with E-state index in [9.17, 15) is 9.59 Å². The molecule has 9 heteroatoms. The van der Waals surface area contributed by atoms with Gasteiger partial charge < -0.3 is 14.1 Å². The Labute approximate surface area is 181 Å². The lowest BCUT2D eigenvalue weighted by molar-refractivity contribution is -0.122. The molecule has 2 saturated heterocycles. The third-order valence-corrected chi connectivity index (χ3v) is 5.65. The number of anilines is 2. The highest BCUT2D eigenvalue weighted by Gasteiger charge is 2.35. The van der Waals surface area contributed by atoms with Crippen molar-refractivity contribution in [2.24, 2.45) is 0 Å². The zero-order valence-corrected chi connectivity index (χ0v) is 18.0. The highest BCUT2D eigenvalue weighted by molar-refractivity contribution is 9.10. The van der Waals surface area contributed by atoms with Gasteiger partial charge in [0.1, 0.15) is 17.1 Å². The summed E-state index contributed by atoms with van der Waals surface area (Å²) in [6.45, 7) is 1.84. The summed E-state index contributed by atoms with van der Waals surface area (Å²) in [5, 5.41) is 2.60. The van der Waals surface area contributed by atoms with Crippen molar-refractivity contribution < 1.29 is 18.7 Å². The number of halogens is 1. The summed E-state index contributed by atoms with van der Waals surface area (Å²) >= 11 is 8.72. The number of carbonyl (C=O) groups is 2. The number of furan rings is 1. The molecule has 3 heterocycles. The summed E-state index contributed by atoms with van der Waals surface area (Å²) in [5.41, 5.74) is 0.480. The van der Waals surface area contributed by atoms with Crippen molar-refractivity contribution >= 4 is 62.7 Å². The van der Waals surface area contributed by atoms with Gasteiger partial charge in [-0.05, 0) is 71.3 Å². The van der Waals surface area contributed by atoms with Gasteiger partial charge in [-0.15, -0.1) is 0 Å². The number of hydrogen-bond donors (Lipinski definition) is 1. The monoisotopic (exact) mass is 475 g/mol. The minimum Gasteiger partial charge on any atom is -0.497 e. The van der Waals surface area contributed by atoms with Crippen molar-refractivity contribution in [2.45, 2.75) is 12.8 Å². The number of nitrogens with one attached hydrogen (secondary N) is 1. The van der Waals surface area contributed by atoms with Crippen LogP contribution in [-0.2, 0) is 9.59 Å². The van der Waals surface area contributed by atoms with Crippen molar-refractivity contribution in [3.63, 3.8) is 0 Å². The molecule has 2 aromatic rings. The van der Waals surface area contributed by atoms with Crippen LogP contribution in [-0.4, -0.2) is 37.1 Å². The average Bonchev–Trinajstić information content (AvgIpc) is 3.35. The molecule has 7 nitrogen and oxygen atoms in total. The van der Waals surface area contributed by atoms with E-state index in [1.165, 1.54) is 11.0 Å². The van der Waals surface area contributed by atoms with Crippen LogP contribution in [0.2, 0.25) is 0 Å². The maximum Gasteiger partial charge on any atom is 0.270 e. The largest absolute Gasteiger partial charge is 0.497 e. The van der Waals surface area contributed by atoms with E-state index in [1.54, 1.807) is 37.4 Å². The van der Waals surface area contributed by atoms with E-state index >= 15 is 0 Å². The normalized spacial score (nSPS) is 18.6. The SMILES string of the molecule is COc1ccc(N2C(=O)/C(=C/c3cc(Br)c(N4CCCC4)o3)C(=O)NC2=S)cc1. The van der Waals surface area contributed by atoms with Crippen LogP contribution < -0.4 is 19.9 Å². The second-order valence-corrected chi connectivity index (χ2v) is 7.89. The van der Waals surface area contributed by atoms with Crippen molar-refractivity contribution in [1.82, 2.24) is 5.32 Å². The predicted molar refractivity (Wildman–Crippen MR) is 117 cm³/mol. The average molecular weight is 476 g/mol. The summed E-state index contributed by atoms with van der Waals surface area (Å²) in [6, 6.07) is 8.60. The molecule has 0 saturated carbocycles. The molecule has 0 radical (unpaired) electrons. The Morgan fingerprint density at radius 1 is 1.21 bits per heavy atom. The Morgan fingerprint density at radius 2 is 1.90 bits per heavy atom. The number of nitrogens with zero attached hydrogens (tertiary/aromatic N) is 2. The maximum absolute atomic E-state index is 13.1. The first-order valence-electron chi connectivity index (χ1n) is 9.07. The maximum atomic E-state index is 13.1. The van der Waals surface area contributed by atoms with Crippen LogP contribution >= 0.6 is 28.1 Å². The summed E-state index contributed by atoms with van der Waals surface area (Å²) in [7, 11) is 1.56. The van der Waals surface area contributed by atoms with E-state index in [1.807, 2.05) is 0 Å². The van der Waals surface area contributed by atoms with Gasteiger partial charge in [-0.3, -0.25) is 19.8 Å². The fourth-order valence-corrected chi connectivity index (χ4v) is 4.19. The summed E-state index contributed by atoms with van der Waals surface area (Å²) in [6.07, 6.45) is 3.66. The van der Waals surface area contributed by atoms with Gasteiger partial charge in [0.2, 0.25) is 5.88 Å². The molecule has 0 spiro atoms. The minimum absolute atomic E-state index is 0.0284. The first-order chi connectivity index (χ1) is 14.0. The third-order valence-electron chi connectivity index (χ3n) is 4.80. The lowest BCUT2D eigenvalue weighted by Crippen LogP contribution is -2.54. The number of amides is 2. The van der Waals surface area contributed by atoms with Crippen LogP contribution in [0, 0.1) is 0 Å². The topological polar surface area (TPSA) is 75.0 Å². The number of carbonyl (C=O) groups excluding carboxylic acids is 2. The number of methoxy groups -OCH3 is 1. The molecule has 2 fully saturated rings. The Balaban J connectivity index is 1.65. The molecule has 2 aliphatic heterocycles. The Bertz CT molecular complexity index is 1010. The molecule has 150 valence electrons. The number of ether oxygens (including phenoxy) is 1. The van der Waals surface area contributed by atoms with Crippen LogP contribution in [0.15, 0.2) is 44.8 Å². The number of benzene rings is 1. The van der Waals surface area contributed by atoms with Crippen molar-refractivity contribution in [2.75, 3.05) is 30.0 Å². The van der Waals surface area contributed by atoms with Gasteiger partial charge in [-0.1, -0.05) is 0 Å². The smallest absolute Gasteiger partial charge is 0.270 e. The van der Waals surface area contributed by atoms with Crippen molar-refractivity contribution in [1.29, 1.82) is 0 Å². The van der Waals surface area contributed by atoms with E-state index < -0.39 is 11.8 Å². The molecule has 29 heavy (non-hydrogen) atoms. The van der Waals surface area contributed by atoms with Crippen molar-refractivity contribution in [3.05, 3.63) is 46.1 Å². The lowest BCUT2D eigenvalue weighted by Gasteiger charge is -2.28. The van der Waals surface area contributed by atoms with Crippen LogP contribution in [0.1, 0.15) is 18.6 Å². The van der Waals surface area contributed by atoms with Crippen LogP contribution in [0.5, 0.6) is 5.75 Å². The van der Waals surface area contributed by atoms with Gasteiger partial charge >= 0.3 is 0 Å². The minimum atomic E-state index is -0.556. The van der Waals surface area contributed by atoms with Gasteiger partial charge in [-0.2, -0.15) is 0 Å². The van der Waals surface area contributed by atoms with E-state index in [-0.39, 0.29) is 10.7 Å². The number of thiocarbonyl (C=S) groups is 1. The number of rotatable bonds is 4. The second kappa shape index (κ2) is 8.00. The fraction of sp³-hybridized carbons (Fsp3) is 0.250. The molecule has 0 atom stereocenters. The molecule has 2 aliphatic rings. The molecule has 1 N–H and O–H groups in total. The van der Waals surface area contributed by atoms with E-state index in [2.05, 4.69) is 26.1 Å². The standard InChI is InChI=1S/C20H18BrN3O4S/c1-27-13-6-4-12(5-7-13)24-18(26)15(17(25)22-20(24)29)10-14-11-16(21)19(28-14)23-8-2-3-9-23/h4-7,10-11H,2-3,8-9H2,1H3,(H,22,25,29)/b15-10+. The highest BCUT2D eigenvalue weighted by Crippen LogP contribution is 2.34. The molecule has 0 unspecified atom stereocenters. The lowest BCUT2D eigenvalue weighted by atomic mass is 10.1. The Morgan fingerprint density at radius 3 is 2.55 bits per heavy atom. The van der Waals surface area contributed by atoms with Gasteiger partial charge in [0.05, 0.1) is 17.3 Å². The zero-order chi connectivity index (χ0) is 20.5. The molecule has 2 amide bonds. The fourth-order valence-electron chi connectivity index (χ4n) is 3.35. The first kappa shape index (κ1) is 19.7. The molecule has 1 aromatic carbocycles. The quantitative estimate of drug-likeness (QED) is 0.414. The van der Waals surface area contributed by atoms with Gasteiger partial charge in [-0.25, -0.2) is 0 Å². The highest BCUT2D eigenvalue weighted by atomic mass is 79.9. The number of hydrogen-bond acceptors (Lipinski definition) is 6. The summed E-state index contributed by atoms with van der Waals surface area (Å²) in [5.74, 6) is 0.707. The van der Waals surface area contributed by atoms with E-state index in [4.69, 9.17) is 21.4 Å². The Hall–Kier alpha value is -2.65. The van der Waals surface area contributed by atoms with Crippen LogP contribution in [0.4, 0.5) is 11.6 Å². The summed E-state index contributed by atoms with van der Waals surface area (Å²) in [4.78, 5) is 28.9. The van der Waals surface area contributed by atoms with E-state index in [0.717, 1.165) is 30.4 Å². The van der Waals surface area contributed by atoms with E-state index in [0.29, 0.717) is 23.1 Å². The zero-order valence-electron chi connectivity index (χ0n) is 15.6. The molecule has 0 bridgehead atoms. The predicted octanol–water partition coefficient (Wildman–Crippen LogP) is 3.48. The molecular formula is C20H18BrN3O4S. The molecule has 0 aliphatic carbocycles.